The van der Waals surface area contributed by atoms with Crippen molar-refractivity contribution in [1.29, 1.82) is 0 Å². The number of furan rings is 2. The Kier molecular flexibility index (Phi) is 8.19. The predicted molar refractivity (Wildman–Crippen MR) is 171 cm³/mol. The van der Waals surface area contributed by atoms with Gasteiger partial charge < -0.3 is 47.0 Å². The van der Waals surface area contributed by atoms with Crippen LogP contribution in [-0.2, 0) is 56.2 Å². The number of hydrogen-bond donors (Lipinski definition) is 0. The van der Waals surface area contributed by atoms with Gasteiger partial charge in [-0.15, -0.1) is 22.1 Å². The van der Waals surface area contributed by atoms with E-state index < -0.39 is 0 Å². The third-order valence-electron chi connectivity index (χ3n) is 7.96. The normalized spacial score (nSPS) is 11.2. The zero-order valence-electron chi connectivity index (χ0n) is 25.2. The Labute approximate surface area is 301 Å². The van der Waals surface area contributed by atoms with E-state index in [0.29, 0.717) is 5.76 Å². The van der Waals surface area contributed by atoms with Crippen LogP contribution in [0.25, 0.3) is 77.8 Å². The van der Waals surface area contributed by atoms with Crippen LogP contribution in [0.2, 0.25) is 0 Å². The first-order chi connectivity index (χ1) is 22.6. The maximum atomic E-state index is 5.76. The number of fused-ring (bicyclic) bond motifs is 6. The Bertz CT molecular complexity index is 2450. The first-order valence-corrected chi connectivity index (χ1v) is 14.4. The van der Waals surface area contributed by atoms with Gasteiger partial charge in [-0.2, -0.15) is 6.07 Å². The van der Waals surface area contributed by atoms with E-state index in [-0.39, 0.29) is 42.1 Å². The molecule has 2 aromatic carbocycles. The molecule has 10 rings (SSSR count). The molecule has 0 spiro atoms. The van der Waals surface area contributed by atoms with Crippen LogP contribution in [0.3, 0.4) is 0 Å². The summed E-state index contributed by atoms with van der Waals surface area (Å²) < 4.78 is 19.0. The van der Waals surface area contributed by atoms with Crippen LogP contribution < -0.4 is 9.97 Å². The Morgan fingerprint density at radius 2 is 1.27 bits per heavy atom. The van der Waals surface area contributed by atoms with Gasteiger partial charge in [-0.05, 0) is 34.6 Å². The second-order valence-electron chi connectivity index (χ2n) is 10.9. The quantitative estimate of drug-likeness (QED) is 0.192. The summed E-state index contributed by atoms with van der Waals surface area (Å²) in [5.74, 6) is 1.44. The standard InChI is InChI=1S/C18H11N4O.C17H11N5O.2Pt/c1-21-7-5-12(9-21)18-17-14(10-23-18)13-3-2-4-15(16(13)20-17)22-8-6-19-11-22;1-21-7-13(19-10-21)17-16-12(8-23-17)11-3-2-4-14(15(11)20-16)22-6-5-18-9-22;;/h2-4,6-10H,1H3;2-8,10H,1H3;;/q-3;-2;;+2. The number of imidazole rings is 3. The van der Waals surface area contributed by atoms with Crippen LogP contribution in [0.4, 0.5) is 0 Å². The van der Waals surface area contributed by atoms with Crippen molar-refractivity contribution in [2.24, 2.45) is 14.1 Å². The molecule has 0 aliphatic rings. The molecule has 0 radical (unpaired) electrons. The SMILES string of the molecule is Cn1c[c-]c(-c2occ3c2[n-]c2c(-n4[c-]ncc4)cccc23)c1.Cn1cnc(-c2occ3c2[n-]c2c(-n4[c-]ncc4)cccc23)c1.[Pt+2].[Pt]. The molecule has 0 saturated heterocycles. The van der Waals surface area contributed by atoms with Gasteiger partial charge in [-0.1, -0.05) is 79.1 Å². The summed E-state index contributed by atoms with van der Waals surface area (Å²) in [5.41, 5.74) is 7.09. The summed E-state index contributed by atoms with van der Waals surface area (Å²) >= 11 is 0. The van der Waals surface area contributed by atoms with Crippen molar-refractivity contribution >= 4 is 43.6 Å². The molecule has 0 aliphatic carbocycles. The van der Waals surface area contributed by atoms with Gasteiger partial charge in [0, 0.05) is 58.1 Å². The van der Waals surface area contributed by atoms with Crippen LogP contribution in [0, 0.1) is 18.7 Å². The molecule has 0 fully saturated rings. The van der Waals surface area contributed by atoms with E-state index in [0.717, 1.165) is 72.0 Å². The molecule has 11 nitrogen and oxygen atoms in total. The summed E-state index contributed by atoms with van der Waals surface area (Å²) in [6, 6.07) is 15.3. The third kappa shape index (κ3) is 5.10. The van der Waals surface area contributed by atoms with Crippen molar-refractivity contribution in [1.82, 2.24) is 43.2 Å². The first kappa shape index (κ1) is 31.5. The van der Waals surface area contributed by atoms with Crippen molar-refractivity contribution in [3.05, 3.63) is 117 Å². The fourth-order valence-electron chi connectivity index (χ4n) is 5.85. The maximum absolute atomic E-state index is 5.76. The van der Waals surface area contributed by atoms with Crippen molar-refractivity contribution in [2.75, 3.05) is 0 Å². The Morgan fingerprint density at radius 3 is 1.77 bits per heavy atom. The molecule has 0 atom stereocenters. The average molecular weight is 991 g/mol. The molecule has 10 aromatic rings. The van der Waals surface area contributed by atoms with Gasteiger partial charge in [0.2, 0.25) is 0 Å². The van der Waals surface area contributed by atoms with Gasteiger partial charge in [0.1, 0.15) is 11.5 Å². The van der Waals surface area contributed by atoms with E-state index >= 15 is 0 Å². The number of rotatable bonds is 4. The van der Waals surface area contributed by atoms with Gasteiger partial charge in [0.25, 0.3) is 0 Å². The van der Waals surface area contributed by atoms with E-state index in [1.54, 1.807) is 31.2 Å². The zero-order chi connectivity index (χ0) is 30.8. The van der Waals surface area contributed by atoms with Gasteiger partial charge in [-0.3, -0.25) is 0 Å². The minimum Gasteiger partial charge on any atom is -0.671 e. The van der Waals surface area contributed by atoms with E-state index in [1.165, 1.54) is 0 Å². The fraction of sp³-hybridized carbons (Fsp3) is 0.0571. The summed E-state index contributed by atoms with van der Waals surface area (Å²) in [5, 5.41) is 4.10. The number of hydrogen-bond acceptors (Lipinski definition) is 5. The summed E-state index contributed by atoms with van der Waals surface area (Å²) in [4.78, 5) is 22.0. The molecule has 0 unspecified atom stereocenters. The molecule has 0 bridgehead atoms. The van der Waals surface area contributed by atoms with Crippen LogP contribution in [0.1, 0.15) is 0 Å². The molecule has 0 amide bonds. The number of nitrogens with zero attached hydrogens (tertiary/aromatic N) is 9. The Morgan fingerprint density at radius 1 is 0.688 bits per heavy atom. The van der Waals surface area contributed by atoms with Gasteiger partial charge in [-0.25, -0.2) is 4.98 Å². The molecule has 242 valence electrons. The minimum absolute atomic E-state index is 0. The molecule has 0 N–H and O–H groups in total. The second kappa shape index (κ2) is 12.5. The Hall–Kier alpha value is -5.11. The monoisotopic (exact) mass is 990 g/mol. The molecule has 48 heavy (non-hydrogen) atoms. The van der Waals surface area contributed by atoms with Crippen molar-refractivity contribution in [3.63, 3.8) is 0 Å². The van der Waals surface area contributed by atoms with Crippen LogP contribution in [0.5, 0.6) is 0 Å². The van der Waals surface area contributed by atoms with E-state index in [4.69, 9.17) is 18.8 Å². The summed E-state index contributed by atoms with van der Waals surface area (Å²) in [7, 11) is 3.89. The molecule has 0 aliphatic heterocycles. The van der Waals surface area contributed by atoms with E-state index in [2.05, 4.69) is 39.7 Å². The average Bonchev–Trinajstić information content (AvgIpc) is 3.88. The predicted octanol–water partition coefficient (Wildman–Crippen LogP) is 6.26. The summed E-state index contributed by atoms with van der Waals surface area (Å²) in [6.45, 7) is 0. The van der Waals surface area contributed by atoms with Gasteiger partial charge in [0.05, 0.1) is 18.9 Å². The molecular formula is C35H22N9O2Pt2-3. The number of para-hydroxylation sites is 2. The van der Waals surface area contributed by atoms with E-state index in [9.17, 15) is 0 Å². The largest absolute Gasteiger partial charge is 2.00 e. The van der Waals surface area contributed by atoms with Crippen LogP contribution >= 0.6 is 0 Å². The van der Waals surface area contributed by atoms with Crippen molar-refractivity contribution in [3.8, 4) is 34.2 Å². The smallest absolute Gasteiger partial charge is 0.671 e. The molecular weight excluding hydrogens is 969 g/mol. The molecule has 8 aromatic heterocycles. The number of aromatic nitrogens is 9. The van der Waals surface area contributed by atoms with Gasteiger partial charge in [0.15, 0.2) is 0 Å². The first-order valence-electron chi connectivity index (χ1n) is 14.4. The third-order valence-corrected chi connectivity index (χ3v) is 7.96. The zero-order valence-corrected chi connectivity index (χ0v) is 29.8. The van der Waals surface area contributed by atoms with E-state index in [1.807, 2.05) is 93.7 Å². The molecule has 13 heteroatoms. The maximum Gasteiger partial charge on any atom is 2.00 e. The second-order valence-corrected chi connectivity index (χ2v) is 10.9. The number of benzene rings is 2. The van der Waals surface area contributed by atoms with Crippen LogP contribution in [0.15, 0.2) is 107 Å². The topological polar surface area (TPSA) is 113 Å². The molecule has 0 saturated carbocycles. The van der Waals surface area contributed by atoms with Crippen molar-refractivity contribution < 1.29 is 51.0 Å². The summed E-state index contributed by atoms with van der Waals surface area (Å²) in [6.07, 6.45) is 24.0. The molecule has 8 heterocycles. The van der Waals surface area contributed by atoms with Crippen molar-refractivity contribution in [2.45, 2.75) is 0 Å². The minimum atomic E-state index is 0. The van der Waals surface area contributed by atoms with Crippen LogP contribution in [-0.4, -0.2) is 33.2 Å². The number of aryl methyl sites for hydroxylation is 2. The van der Waals surface area contributed by atoms with Gasteiger partial charge >= 0.3 is 21.1 Å². The Balaban J connectivity index is 0.000000146. The fourth-order valence-corrected chi connectivity index (χ4v) is 5.85.